The lowest BCUT2D eigenvalue weighted by Gasteiger charge is -2.01. The number of aryl methyl sites for hydroxylation is 2. The normalized spacial score (nSPS) is 10.5. The highest BCUT2D eigenvalue weighted by atomic mass is 16.4. The maximum atomic E-state index is 11.4. The van der Waals surface area contributed by atoms with Gasteiger partial charge in [0, 0.05) is 18.0 Å². The first-order valence-corrected chi connectivity index (χ1v) is 5.20. The van der Waals surface area contributed by atoms with E-state index >= 15 is 0 Å². The van der Waals surface area contributed by atoms with Crippen molar-refractivity contribution < 1.29 is 9.21 Å². The Morgan fingerprint density at radius 1 is 1.59 bits per heavy atom. The van der Waals surface area contributed by atoms with E-state index < -0.39 is 5.91 Å². The number of nitrogens with zero attached hydrogens (tertiary/aromatic N) is 2. The molecule has 0 spiro atoms. The van der Waals surface area contributed by atoms with Crippen LogP contribution in [0.2, 0.25) is 0 Å². The fraction of sp³-hybridized carbons (Fsp3) is 0.273. The van der Waals surface area contributed by atoms with Gasteiger partial charge in [0.1, 0.15) is 11.6 Å². The summed E-state index contributed by atoms with van der Waals surface area (Å²) in [5, 5.41) is 0. The largest absolute Gasteiger partial charge is 0.454 e. The zero-order chi connectivity index (χ0) is 12.4. The number of carbonyl (C=O) groups excluding carboxylic acids is 1. The summed E-state index contributed by atoms with van der Waals surface area (Å²) in [7, 11) is 0. The third-order valence-electron chi connectivity index (χ3n) is 2.56. The number of imidazole rings is 1. The van der Waals surface area contributed by atoms with Crippen molar-refractivity contribution >= 4 is 5.91 Å². The zero-order valence-corrected chi connectivity index (χ0v) is 9.73. The number of furan rings is 1. The second-order valence-electron chi connectivity index (χ2n) is 3.80. The smallest absolute Gasteiger partial charge is 0.301 e. The number of hydrogen-bond acceptors (Lipinski definition) is 4. The first-order valence-electron chi connectivity index (χ1n) is 5.20. The topological polar surface area (TPSA) is 86.1 Å². The molecule has 2 aromatic rings. The summed E-state index contributed by atoms with van der Waals surface area (Å²) >= 11 is 0. The van der Waals surface area contributed by atoms with Gasteiger partial charge in [-0.2, -0.15) is 0 Å². The van der Waals surface area contributed by atoms with Gasteiger partial charge in [-0.25, -0.2) is 10.8 Å². The molecule has 6 nitrogen and oxygen atoms in total. The van der Waals surface area contributed by atoms with E-state index in [0.29, 0.717) is 12.3 Å². The van der Waals surface area contributed by atoms with E-state index in [4.69, 9.17) is 10.3 Å². The van der Waals surface area contributed by atoms with Gasteiger partial charge in [0.05, 0.1) is 6.54 Å². The Bertz CT molecular complexity index is 541. The van der Waals surface area contributed by atoms with Crippen LogP contribution >= 0.6 is 0 Å². The first-order chi connectivity index (χ1) is 8.11. The van der Waals surface area contributed by atoms with E-state index in [9.17, 15) is 4.79 Å². The first kappa shape index (κ1) is 11.4. The van der Waals surface area contributed by atoms with E-state index in [1.807, 2.05) is 23.8 Å². The Morgan fingerprint density at radius 2 is 2.35 bits per heavy atom. The molecule has 0 fully saturated rings. The summed E-state index contributed by atoms with van der Waals surface area (Å²) in [5.74, 6) is 6.49. The molecule has 17 heavy (non-hydrogen) atoms. The molecule has 6 heteroatoms. The van der Waals surface area contributed by atoms with Crippen molar-refractivity contribution in [2.24, 2.45) is 5.84 Å². The highest BCUT2D eigenvalue weighted by molar-refractivity contribution is 5.92. The van der Waals surface area contributed by atoms with Crippen molar-refractivity contribution in [1.29, 1.82) is 0 Å². The Kier molecular flexibility index (Phi) is 2.97. The Hall–Kier alpha value is -2.08. The van der Waals surface area contributed by atoms with E-state index in [1.165, 1.54) is 0 Å². The minimum Gasteiger partial charge on any atom is -0.454 e. The van der Waals surface area contributed by atoms with Crippen LogP contribution in [0.4, 0.5) is 0 Å². The third-order valence-corrected chi connectivity index (χ3v) is 2.56. The molecule has 0 saturated carbocycles. The van der Waals surface area contributed by atoms with Gasteiger partial charge >= 0.3 is 5.91 Å². The number of hydrazine groups is 1. The predicted molar refractivity (Wildman–Crippen MR) is 61.2 cm³/mol. The maximum Gasteiger partial charge on any atom is 0.301 e. The number of rotatable bonds is 3. The number of nitrogen functional groups attached to an aromatic ring is 1. The van der Waals surface area contributed by atoms with Crippen LogP contribution < -0.4 is 11.3 Å². The highest BCUT2D eigenvalue weighted by Gasteiger charge is 2.14. The SMILES string of the molecule is Cc1cc(Cn2ccnc2C)oc1C(=O)NN. The quantitative estimate of drug-likeness (QED) is 0.466. The van der Waals surface area contributed by atoms with Crippen LogP contribution in [0, 0.1) is 13.8 Å². The number of amides is 1. The van der Waals surface area contributed by atoms with Gasteiger partial charge in [-0.3, -0.25) is 10.2 Å². The lowest BCUT2D eigenvalue weighted by molar-refractivity contribution is 0.0923. The van der Waals surface area contributed by atoms with Crippen LogP contribution in [0.1, 0.15) is 27.7 Å². The van der Waals surface area contributed by atoms with Gasteiger partial charge in [0.25, 0.3) is 0 Å². The number of carbonyl (C=O) groups is 1. The van der Waals surface area contributed by atoms with Gasteiger partial charge < -0.3 is 8.98 Å². The molecule has 3 N–H and O–H groups in total. The van der Waals surface area contributed by atoms with Crippen LogP contribution in [0.3, 0.4) is 0 Å². The molecule has 90 valence electrons. The van der Waals surface area contributed by atoms with Crippen LogP contribution in [-0.2, 0) is 6.54 Å². The molecule has 0 bridgehead atoms. The van der Waals surface area contributed by atoms with E-state index in [2.05, 4.69) is 10.4 Å². The Labute approximate surface area is 98.4 Å². The minimum atomic E-state index is -0.420. The maximum absolute atomic E-state index is 11.4. The molecule has 2 aromatic heterocycles. The van der Waals surface area contributed by atoms with Gasteiger partial charge in [0.15, 0.2) is 5.76 Å². The predicted octanol–water partition coefficient (Wildman–Crippen LogP) is 0.745. The van der Waals surface area contributed by atoms with Crippen molar-refractivity contribution in [2.45, 2.75) is 20.4 Å². The lowest BCUT2D eigenvalue weighted by Crippen LogP contribution is -2.30. The molecule has 1 amide bonds. The average molecular weight is 234 g/mol. The Balaban J connectivity index is 2.24. The van der Waals surface area contributed by atoms with E-state index in [1.54, 1.807) is 13.1 Å². The van der Waals surface area contributed by atoms with E-state index in [-0.39, 0.29) is 5.76 Å². The molecular weight excluding hydrogens is 220 g/mol. The fourth-order valence-corrected chi connectivity index (χ4v) is 1.66. The van der Waals surface area contributed by atoms with Crippen molar-refractivity contribution in [2.75, 3.05) is 0 Å². The summed E-state index contributed by atoms with van der Waals surface area (Å²) in [4.78, 5) is 15.5. The number of nitrogens with one attached hydrogen (secondary N) is 1. The second kappa shape index (κ2) is 4.42. The fourth-order valence-electron chi connectivity index (χ4n) is 1.66. The number of hydrogen-bond donors (Lipinski definition) is 2. The summed E-state index contributed by atoms with van der Waals surface area (Å²) in [6.07, 6.45) is 3.58. The van der Waals surface area contributed by atoms with Crippen LogP contribution in [0.15, 0.2) is 22.9 Å². The summed E-state index contributed by atoms with van der Waals surface area (Å²) < 4.78 is 7.39. The molecule has 0 aromatic carbocycles. The zero-order valence-electron chi connectivity index (χ0n) is 9.73. The van der Waals surface area contributed by atoms with Gasteiger partial charge in [0.2, 0.25) is 0 Å². The lowest BCUT2D eigenvalue weighted by atomic mass is 10.2. The molecular formula is C11H14N4O2. The number of nitrogens with two attached hydrogens (primary N) is 1. The van der Waals surface area contributed by atoms with Crippen molar-refractivity contribution in [3.63, 3.8) is 0 Å². The minimum absolute atomic E-state index is 0.250. The molecule has 0 aliphatic carbocycles. The molecule has 0 saturated heterocycles. The second-order valence-corrected chi connectivity index (χ2v) is 3.80. The molecule has 2 heterocycles. The average Bonchev–Trinajstić information content (AvgIpc) is 2.86. The van der Waals surface area contributed by atoms with Crippen molar-refractivity contribution in [3.8, 4) is 0 Å². The van der Waals surface area contributed by atoms with Crippen molar-refractivity contribution in [1.82, 2.24) is 15.0 Å². The molecule has 0 aliphatic rings. The molecule has 2 rings (SSSR count). The molecule has 0 unspecified atom stereocenters. The van der Waals surface area contributed by atoms with Gasteiger partial charge in [-0.15, -0.1) is 0 Å². The standard InChI is InChI=1S/C11H14N4O2/c1-7-5-9(17-10(7)11(16)14-12)6-15-4-3-13-8(15)2/h3-5H,6,12H2,1-2H3,(H,14,16). The Morgan fingerprint density at radius 3 is 2.94 bits per heavy atom. The third kappa shape index (κ3) is 2.21. The number of aromatic nitrogens is 2. The van der Waals surface area contributed by atoms with Gasteiger partial charge in [-0.1, -0.05) is 0 Å². The van der Waals surface area contributed by atoms with Crippen molar-refractivity contribution in [3.05, 3.63) is 41.4 Å². The summed E-state index contributed by atoms with van der Waals surface area (Å²) in [6.45, 7) is 4.26. The molecule has 0 aliphatic heterocycles. The monoisotopic (exact) mass is 234 g/mol. The van der Waals surface area contributed by atoms with Crippen LogP contribution in [-0.4, -0.2) is 15.5 Å². The molecule has 0 radical (unpaired) electrons. The highest BCUT2D eigenvalue weighted by Crippen LogP contribution is 2.16. The summed E-state index contributed by atoms with van der Waals surface area (Å²) in [5.41, 5.74) is 2.82. The van der Waals surface area contributed by atoms with Crippen LogP contribution in [0.5, 0.6) is 0 Å². The molecule has 0 atom stereocenters. The van der Waals surface area contributed by atoms with Gasteiger partial charge in [-0.05, 0) is 19.9 Å². The summed E-state index contributed by atoms with van der Waals surface area (Å²) in [6, 6.07) is 1.82. The van der Waals surface area contributed by atoms with Crippen LogP contribution in [0.25, 0.3) is 0 Å². The van der Waals surface area contributed by atoms with E-state index in [0.717, 1.165) is 11.4 Å².